The highest BCUT2D eigenvalue weighted by atomic mass is 15.3. The van der Waals surface area contributed by atoms with E-state index < -0.39 is 0 Å². The number of nitrogens with one attached hydrogen (secondary N) is 1. The molecule has 4 rings (SSSR count). The van der Waals surface area contributed by atoms with Crippen molar-refractivity contribution in [1.82, 2.24) is 24.5 Å². The van der Waals surface area contributed by atoms with E-state index in [-0.39, 0.29) is 0 Å². The number of rotatable bonds is 5. The molecule has 0 spiro atoms. The van der Waals surface area contributed by atoms with Crippen LogP contribution in [0.5, 0.6) is 0 Å². The molecule has 1 N–H and O–H groups in total. The van der Waals surface area contributed by atoms with Gasteiger partial charge in [0.2, 0.25) is 0 Å². The van der Waals surface area contributed by atoms with E-state index >= 15 is 0 Å². The smallest absolute Gasteiger partial charge is 0.157 e. The quantitative estimate of drug-likeness (QED) is 0.749. The molecule has 1 saturated heterocycles. The number of aryl methyl sites for hydroxylation is 1. The summed E-state index contributed by atoms with van der Waals surface area (Å²) in [5.74, 6) is 1.45. The molecule has 0 saturated carbocycles. The van der Waals surface area contributed by atoms with Crippen LogP contribution in [0.4, 0.5) is 5.82 Å². The first-order chi connectivity index (χ1) is 13.1. The van der Waals surface area contributed by atoms with E-state index in [9.17, 15) is 0 Å². The van der Waals surface area contributed by atoms with Crippen molar-refractivity contribution in [2.24, 2.45) is 0 Å². The monoisotopic (exact) mass is 364 g/mol. The highest BCUT2D eigenvalue weighted by molar-refractivity contribution is 5.51. The molecule has 142 valence electrons. The minimum atomic E-state index is 0.394. The Bertz CT molecular complexity index is 894. The predicted octanol–water partition coefficient (Wildman–Crippen LogP) is 3.63. The first-order valence-corrected chi connectivity index (χ1v) is 9.84. The number of piperidine rings is 1. The maximum atomic E-state index is 4.75. The SMILES string of the molecule is Cc1cc2nc(C(C)C)cc(NC3CCN(Cc4ccccn4)CC3)n2n1. The van der Waals surface area contributed by atoms with Gasteiger partial charge in [0.1, 0.15) is 5.82 Å². The van der Waals surface area contributed by atoms with Crippen molar-refractivity contribution >= 4 is 11.5 Å². The minimum absolute atomic E-state index is 0.394. The minimum Gasteiger partial charge on any atom is -0.367 e. The number of anilines is 1. The van der Waals surface area contributed by atoms with E-state index in [0.29, 0.717) is 12.0 Å². The average Bonchev–Trinajstić information content (AvgIpc) is 3.04. The van der Waals surface area contributed by atoms with Gasteiger partial charge in [0.25, 0.3) is 0 Å². The van der Waals surface area contributed by atoms with Crippen molar-refractivity contribution in [3.63, 3.8) is 0 Å². The molecule has 27 heavy (non-hydrogen) atoms. The molecule has 1 fully saturated rings. The second-order valence-electron chi connectivity index (χ2n) is 7.79. The molecular formula is C21H28N6. The molecule has 1 aliphatic rings. The first-order valence-electron chi connectivity index (χ1n) is 9.84. The Labute approximate surface area is 160 Å². The van der Waals surface area contributed by atoms with Crippen LogP contribution in [0.1, 0.15) is 49.7 Å². The summed E-state index contributed by atoms with van der Waals surface area (Å²) >= 11 is 0. The zero-order valence-electron chi connectivity index (χ0n) is 16.4. The Morgan fingerprint density at radius 2 is 2.00 bits per heavy atom. The number of aromatic nitrogens is 4. The standard InChI is InChI=1S/C21H28N6/c1-15(2)19-13-21(27-20(24-19)12-16(3)25-27)23-17-7-10-26(11-8-17)14-18-6-4-5-9-22-18/h4-6,9,12-13,15,17,23H,7-8,10-11,14H2,1-3H3. The highest BCUT2D eigenvalue weighted by Gasteiger charge is 2.21. The van der Waals surface area contributed by atoms with Crippen LogP contribution >= 0.6 is 0 Å². The number of hydrogen-bond donors (Lipinski definition) is 1. The van der Waals surface area contributed by atoms with Crippen LogP contribution in [0.3, 0.4) is 0 Å². The summed E-state index contributed by atoms with van der Waals surface area (Å²) in [6.45, 7) is 9.48. The van der Waals surface area contributed by atoms with Crippen molar-refractivity contribution in [2.45, 2.75) is 52.1 Å². The highest BCUT2D eigenvalue weighted by Crippen LogP contribution is 2.22. The number of pyridine rings is 1. The van der Waals surface area contributed by atoms with Gasteiger partial charge in [-0.3, -0.25) is 9.88 Å². The number of fused-ring (bicyclic) bond motifs is 1. The fourth-order valence-corrected chi connectivity index (χ4v) is 3.67. The lowest BCUT2D eigenvalue weighted by Crippen LogP contribution is -2.39. The lowest BCUT2D eigenvalue weighted by molar-refractivity contribution is 0.209. The van der Waals surface area contributed by atoms with Gasteiger partial charge in [-0.25, -0.2) is 4.98 Å². The van der Waals surface area contributed by atoms with Gasteiger partial charge in [-0.1, -0.05) is 19.9 Å². The van der Waals surface area contributed by atoms with Gasteiger partial charge in [0, 0.05) is 49.7 Å². The van der Waals surface area contributed by atoms with Crippen LogP contribution < -0.4 is 5.32 Å². The molecule has 4 heterocycles. The molecule has 0 atom stereocenters. The zero-order chi connectivity index (χ0) is 18.8. The summed E-state index contributed by atoms with van der Waals surface area (Å²) in [4.78, 5) is 11.7. The Hall–Kier alpha value is -2.47. The summed E-state index contributed by atoms with van der Waals surface area (Å²) in [6.07, 6.45) is 4.11. The van der Waals surface area contributed by atoms with Crippen LogP contribution in [0.15, 0.2) is 36.5 Å². The van der Waals surface area contributed by atoms with Crippen molar-refractivity contribution < 1.29 is 0 Å². The van der Waals surface area contributed by atoms with E-state index in [1.807, 2.05) is 29.8 Å². The molecular weight excluding hydrogens is 336 g/mol. The molecule has 6 nitrogen and oxygen atoms in total. The van der Waals surface area contributed by atoms with Crippen molar-refractivity contribution in [3.05, 3.63) is 53.6 Å². The van der Waals surface area contributed by atoms with Gasteiger partial charge in [0.15, 0.2) is 5.65 Å². The third kappa shape index (κ3) is 4.11. The van der Waals surface area contributed by atoms with Gasteiger partial charge in [-0.2, -0.15) is 9.61 Å². The third-order valence-electron chi connectivity index (χ3n) is 5.21. The van der Waals surface area contributed by atoms with E-state index in [1.54, 1.807) is 0 Å². The van der Waals surface area contributed by atoms with Gasteiger partial charge in [0.05, 0.1) is 11.4 Å². The van der Waals surface area contributed by atoms with Gasteiger partial charge >= 0.3 is 0 Å². The summed E-state index contributed by atoms with van der Waals surface area (Å²) < 4.78 is 1.95. The maximum absolute atomic E-state index is 4.75. The van der Waals surface area contributed by atoms with Crippen LogP contribution in [0.2, 0.25) is 0 Å². The number of likely N-dealkylation sites (tertiary alicyclic amines) is 1. The van der Waals surface area contributed by atoms with E-state index in [4.69, 9.17) is 4.98 Å². The van der Waals surface area contributed by atoms with Gasteiger partial charge in [-0.05, 0) is 37.8 Å². The largest absolute Gasteiger partial charge is 0.367 e. The Morgan fingerprint density at radius 1 is 1.19 bits per heavy atom. The number of hydrogen-bond acceptors (Lipinski definition) is 5. The Kier molecular flexibility index (Phi) is 5.07. The fraction of sp³-hybridized carbons (Fsp3) is 0.476. The Balaban J connectivity index is 1.44. The zero-order valence-corrected chi connectivity index (χ0v) is 16.4. The van der Waals surface area contributed by atoms with Crippen molar-refractivity contribution in [2.75, 3.05) is 18.4 Å². The summed E-state index contributed by atoms with van der Waals surface area (Å²) in [5.41, 5.74) is 4.18. The summed E-state index contributed by atoms with van der Waals surface area (Å²) in [5, 5.41) is 8.36. The van der Waals surface area contributed by atoms with Crippen LogP contribution in [0.25, 0.3) is 5.65 Å². The van der Waals surface area contributed by atoms with E-state index in [0.717, 1.165) is 61.0 Å². The summed E-state index contributed by atoms with van der Waals surface area (Å²) in [6, 6.07) is 10.8. The van der Waals surface area contributed by atoms with Gasteiger partial charge < -0.3 is 5.32 Å². The fourth-order valence-electron chi connectivity index (χ4n) is 3.67. The van der Waals surface area contributed by atoms with Crippen LogP contribution in [-0.4, -0.2) is 43.6 Å². The Morgan fingerprint density at radius 3 is 2.70 bits per heavy atom. The van der Waals surface area contributed by atoms with Crippen molar-refractivity contribution in [1.29, 1.82) is 0 Å². The molecule has 0 radical (unpaired) electrons. The van der Waals surface area contributed by atoms with Crippen LogP contribution in [0, 0.1) is 6.92 Å². The molecule has 0 aromatic carbocycles. The summed E-state index contributed by atoms with van der Waals surface area (Å²) in [7, 11) is 0. The second-order valence-corrected chi connectivity index (χ2v) is 7.79. The van der Waals surface area contributed by atoms with E-state index in [1.165, 1.54) is 0 Å². The maximum Gasteiger partial charge on any atom is 0.157 e. The topological polar surface area (TPSA) is 58.4 Å². The van der Waals surface area contributed by atoms with Crippen molar-refractivity contribution in [3.8, 4) is 0 Å². The molecule has 0 aliphatic carbocycles. The third-order valence-corrected chi connectivity index (χ3v) is 5.21. The molecule has 1 aliphatic heterocycles. The second kappa shape index (κ2) is 7.64. The lowest BCUT2D eigenvalue weighted by Gasteiger charge is -2.32. The molecule has 0 bridgehead atoms. The predicted molar refractivity (Wildman–Crippen MR) is 108 cm³/mol. The normalized spacial score (nSPS) is 16.3. The lowest BCUT2D eigenvalue weighted by atomic mass is 10.0. The number of nitrogens with zero attached hydrogens (tertiary/aromatic N) is 5. The van der Waals surface area contributed by atoms with E-state index in [2.05, 4.69) is 52.3 Å². The van der Waals surface area contributed by atoms with Crippen LogP contribution in [-0.2, 0) is 6.54 Å². The molecule has 0 amide bonds. The molecule has 3 aromatic heterocycles. The first kappa shape index (κ1) is 17.9. The molecule has 3 aromatic rings. The van der Waals surface area contributed by atoms with Gasteiger partial charge in [-0.15, -0.1) is 0 Å². The molecule has 0 unspecified atom stereocenters. The average molecular weight is 364 g/mol. The molecule has 6 heteroatoms.